The van der Waals surface area contributed by atoms with Crippen LogP contribution < -0.4 is 11.1 Å². The molecule has 0 saturated carbocycles. The molecule has 1 heterocycles. The molecule has 0 radical (unpaired) electrons. The van der Waals surface area contributed by atoms with Gasteiger partial charge in [0, 0.05) is 13.2 Å². The smallest absolute Gasteiger partial charge is 0.0699 e. The molecule has 1 fully saturated rings. The van der Waals surface area contributed by atoms with Crippen molar-refractivity contribution < 1.29 is 4.74 Å². The van der Waals surface area contributed by atoms with Gasteiger partial charge in [-0.05, 0) is 50.6 Å². The summed E-state index contributed by atoms with van der Waals surface area (Å²) in [5.41, 5.74) is 5.77. The van der Waals surface area contributed by atoms with Gasteiger partial charge in [-0.25, -0.2) is 0 Å². The molecule has 3 heteroatoms. The van der Waals surface area contributed by atoms with Gasteiger partial charge in [-0.3, -0.25) is 0 Å². The minimum atomic E-state index is 0.436. The minimum Gasteiger partial charge on any atom is -0.377 e. The van der Waals surface area contributed by atoms with Gasteiger partial charge in [-0.15, -0.1) is 0 Å². The molecule has 1 saturated heterocycles. The van der Waals surface area contributed by atoms with E-state index in [4.69, 9.17) is 10.5 Å². The SMILES string of the molecule is CC(C)CC(CN)CNCC1CCCCO1. The number of rotatable bonds is 7. The lowest BCUT2D eigenvalue weighted by Gasteiger charge is -2.24. The summed E-state index contributed by atoms with van der Waals surface area (Å²) in [5.74, 6) is 1.35. The van der Waals surface area contributed by atoms with Crippen molar-refractivity contribution in [1.29, 1.82) is 0 Å². The Morgan fingerprint density at radius 3 is 2.75 bits per heavy atom. The molecular weight excluding hydrogens is 200 g/mol. The molecule has 0 bridgehead atoms. The molecule has 1 aliphatic heterocycles. The Kier molecular flexibility index (Phi) is 7.01. The van der Waals surface area contributed by atoms with E-state index in [-0.39, 0.29) is 0 Å². The lowest BCUT2D eigenvalue weighted by molar-refractivity contribution is 0.0164. The van der Waals surface area contributed by atoms with Crippen LogP contribution in [-0.2, 0) is 4.74 Å². The first-order chi connectivity index (χ1) is 7.72. The molecular formula is C13H28N2O. The fourth-order valence-corrected chi connectivity index (χ4v) is 2.35. The second-order valence-corrected chi connectivity index (χ2v) is 5.38. The fourth-order valence-electron chi connectivity index (χ4n) is 2.35. The summed E-state index contributed by atoms with van der Waals surface area (Å²) in [6.45, 7) is 8.28. The third-order valence-electron chi connectivity index (χ3n) is 3.22. The average Bonchev–Trinajstić information content (AvgIpc) is 2.28. The molecule has 0 aromatic carbocycles. The van der Waals surface area contributed by atoms with Gasteiger partial charge < -0.3 is 15.8 Å². The van der Waals surface area contributed by atoms with Crippen LogP contribution in [-0.4, -0.2) is 32.3 Å². The van der Waals surface area contributed by atoms with E-state index in [1.165, 1.54) is 25.7 Å². The maximum atomic E-state index is 5.77. The van der Waals surface area contributed by atoms with E-state index >= 15 is 0 Å². The van der Waals surface area contributed by atoms with Crippen LogP contribution in [0.1, 0.15) is 39.5 Å². The average molecular weight is 228 g/mol. The van der Waals surface area contributed by atoms with Crippen LogP contribution in [0.4, 0.5) is 0 Å². The van der Waals surface area contributed by atoms with Crippen LogP contribution in [0, 0.1) is 11.8 Å². The van der Waals surface area contributed by atoms with Gasteiger partial charge in [0.15, 0.2) is 0 Å². The predicted octanol–water partition coefficient (Wildman–Crippen LogP) is 1.77. The molecule has 0 aromatic heterocycles. The van der Waals surface area contributed by atoms with Gasteiger partial charge in [-0.1, -0.05) is 13.8 Å². The van der Waals surface area contributed by atoms with E-state index in [0.29, 0.717) is 12.0 Å². The number of ether oxygens (including phenoxy) is 1. The van der Waals surface area contributed by atoms with Gasteiger partial charge in [0.25, 0.3) is 0 Å². The van der Waals surface area contributed by atoms with Crippen LogP contribution in [0.3, 0.4) is 0 Å². The highest BCUT2D eigenvalue weighted by molar-refractivity contribution is 4.70. The predicted molar refractivity (Wildman–Crippen MR) is 68.5 cm³/mol. The van der Waals surface area contributed by atoms with Crippen molar-refractivity contribution in [3.63, 3.8) is 0 Å². The highest BCUT2D eigenvalue weighted by atomic mass is 16.5. The largest absolute Gasteiger partial charge is 0.377 e. The second kappa shape index (κ2) is 8.04. The Labute approximate surface area is 100 Å². The fraction of sp³-hybridized carbons (Fsp3) is 1.00. The molecule has 16 heavy (non-hydrogen) atoms. The molecule has 2 atom stereocenters. The van der Waals surface area contributed by atoms with Crippen molar-refractivity contribution in [3.05, 3.63) is 0 Å². The van der Waals surface area contributed by atoms with Gasteiger partial charge in [0.1, 0.15) is 0 Å². The molecule has 96 valence electrons. The summed E-state index contributed by atoms with van der Waals surface area (Å²) in [4.78, 5) is 0. The highest BCUT2D eigenvalue weighted by Crippen LogP contribution is 2.12. The molecule has 1 rings (SSSR count). The molecule has 1 aliphatic rings. The van der Waals surface area contributed by atoms with Crippen molar-refractivity contribution in [2.24, 2.45) is 17.6 Å². The summed E-state index contributed by atoms with van der Waals surface area (Å²) in [7, 11) is 0. The Bertz CT molecular complexity index is 167. The maximum absolute atomic E-state index is 5.77. The zero-order chi connectivity index (χ0) is 11.8. The van der Waals surface area contributed by atoms with Gasteiger partial charge >= 0.3 is 0 Å². The molecule has 3 nitrogen and oxygen atoms in total. The Hall–Kier alpha value is -0.120. The quantitative estimate of drug-likeness (QED) is 0.698. The van der Waals surface area contributed by atoms with Crippen molar-refractivity contribution in [3.8, 4) is 0 Å². The number of nitrogens with two attached hydrogens (primary N) is 1. The van der Waals surface area contributed by atoms with E-state index in [1.807, 2.05) is 0 Å². The zero-order valence-corrected chi connectivity index (χ0v) is 10.9. The normalized spacial score (nSPS) is 23.6. The molecule has 0 aliphatic carbocycles. The standard InChI is InChI=1S/C13H28N2O/c1-11(2)7-12(8-14)9-15-10-13-5-3-4-6-16-13/h11-13,15H,3-10,14H2,1-2H3. The lowest BCUT2D eigenvalue weighted by atomic mass is 9.97. The van der Waals surface area contributed by atoms with E-state index in [0.717, 1.165) is 32.2 Å². The van der Waals surface area contributed by atoms with Crippen LogP contribution in [0.2, 0.25) is 0 Å². The van der Waals surface area contributed by atoms with Crippen molar-refractivity contribution in [2.75, 3.05) is 26.2 Å². The molecule has 0 amide bonds. The maximum Gasteiger partial charge on any atom is 0.0699 e. The van der Waals surface area contributed by atoms with Crippen LogP contribution in [0.15, 0.2) is 0 Å². The number of hydrogen-bond acceptors (Lipinski definition) is 3. The third kappa shape index (κ3) is 5.83. The summed E-state index contributed by atoms with van der Waals surface area (Å²) in [6, 6.07) is 0. The van der Waals surface area contributed by atoms with E-state index in [1.54, 1.807) is 0 Å². The van der Waals surface area contributed by atoms with Gasteiger partial charge in [0.2, 0.25) is 0 Å². The van der Waals surface area contributed by atoms with Crippen molar-refractivity contribution in [2.45, 2.75) is 45.6 Å². The Morgan fingerprint density at radius 1 is 1.38 bits per heavy atom. The third-order valence-corrected chi connectivity index (χ3v) is 3.22. The molecule has 0 spiro atoms. The van der Waals surface area contributed by atoms with E-state index < -0.39 is 0 Å². The Morgan fingerprint density at radius 2 is 2.19 bits per heavy atom. The molecule has 2 unspecified atom stereocenters. The first-order valence-corrected chi connectivity index (χ1v) is 6.74. The zero-order valence-electron chi connectivity index (χ0n) is 10.9. The monoisotopic (exact) mass is 228 g/mol. The molecule has 0 aromatic rings. The number of hydrogen-bond donors (Lipinski definition) is 2. The summed E-state index contributed by atoms with van der Waals surface area (Å²) < 4.78 is 5.68. The van der Waals surface area contributed by atoms with Crippen LogP contribution >= 0.6 is 0 Å². The topological polar surface area (TPSA) is 47.3 Å². The highest BCUT2D eigenvalue weighted by Gasteiger charge is 2.14. The summed E-state index contributed by atoms with van der Waals surface area (Å²) in [5, 5.41) is 3.51. The first-order valence-electron chi connectivity index (χ1n) is 6.74. The summed E-state index contributed by atoms with van der Waals surface area (Å²) >= 11 is 0. The van der Waals surface area contributed by atoms with Crippen molar-refractivity contribution in [1.82, 2.24) is 5.32 Å². The lowest BCUT2D eigenvalue weighted by Crippen LogP contribution is -2.36. The van der Waals surface area contributed by atoms with E-state index in [2.05, 4.69) is 19.2 Å². The number of nitrogens with one attached hydrogen (secondary N) is 1. The van der Waals surface area contributed by atoms with Crippen LogP contribution in [0.5, 0.6) is 0 Å². The minimum absolute atomic E-state index is 0.436. The van der Waals surface area contributed by atoms with Crippen LogP contribution in [0.25, 0.3) is 0 Å². The Balaban J connectivity index is 2.07. The molecule has 3 N–H and O–H groups in total. The van der Waals surface area contributed by atoms with E-state index in [9.17, 15) is 0 Å². The van der Waals surface area contributed by atoms with Gasteiger partial charge in [0.05, 0.1) is 6.10 Å². The van der Waals surface area contributed by atoms with Crippen molar-refractivity contribution >= 4 is 0 Å². The summed E-state index contributed by atoms with van der Waals surface area (Å²) in [6.07, 6.45) is 5.42. The second-order valence-electron chi connectivity index (χ2n) is 5.38. The first kappa shape index (κ1) is 13.9. The van der Waals surface area contributed by atoms with Gasteiger partial charge in [-0.2, -0.15) is 0 Å².